The predicted octanol–water partition coefficient (Wildman–Crippen LogP) is 1.62. The number of likely N-dealkylation sites (tertiary alicyclic amines) is 1. The van der Waals surface area contributed by atoms with Crippen LogP contribution in [0.15, 0.2) is 0 Å². The van der Waals surface area contributed by atoms with Crippen molar-refractivity contribution < 1.29 is 18.0 Å². The zero-order valence-corrected chi connectivity index (χ0v) is 12.8. The highest BCUT2D eigenvalue weighted by atomic mass is 19.4. The van der Waals surface area contributed by atoms with Gasteiger partial charge in [0.05, 0.1) is 6.54 Å². The highest BCUT2D eigenvalue weighted by Gasteiger charge is 2.28. The number of hydrogen-bond acceptors (Lipinski definition) is 3. The van der Waals surface area contributed by atoms with Gasteiger partial charge in [-0.1, -0.05) is 13.8 Å². The van der Waals surface area contributed by atoms with Crippen molar-refractivity contribution in [2.75, 3.05) is 39.3 Å². The fraction of sp³-hybridized carbons (Fsp3) is 0.929. The number of nitrogens with one attached hydrogen (secondary N) is 2. The smallest absolute Gasteiger partial charge is 0.346 e. The molecule has 0 bridgehead atoms. The van der Waals surface area contributed by atoms with Gasteiger partial charge in [0.1, 0.15) is 6.54 Å². The summed E-state index contributed by atoms with van der Waals surface area (Å²) in [5.74, 6) is 0.671. The van der Waals surface area contributed by atoms with E-state index in [1.54, 1.807) is 0 Å². The monoisotopic (exact) mass is 309 g/mol. The van der Waals surface area contributed by atoms with Crippen LogP contribution in [0.3, 0.4) is 0 Å². The Labute approximate surface area is 124 Å². The van der Waals surface area contributed by atoms with E-state index in [9.17, 15) is 18.0 Å². The van der Waals surface area contributed by atoms with Crippen LogP contribution < -0.4 is 10.6 Å². The van der Waals surface area contributed by atoms with E-state index in [0.29, 0.717) is 11.8 Å². The van der Waals surface area contributed by atoms with Crippen molar-refractivity contribution in [3.05, 3.63) is 0 Å². The van der Waals surface area contributed by atoms with E-state index in [1.807, 2.05) is 10.2 Å². The van der Waals surface area contributed by atoms with Crippen molar-refractivity contribution in [3.63, 3.8) is 0 Å². The Morgan fingerprint density at radius 2 is 1.90 bits per heavy atom. The zero-order chi connectivity index (χ0) is 15.9. The molecule has 0 atom stereocenters. The lowest BCUT2D eigenvalue weighted by Crippen LogP contribution is -2.44. The van der Waals surface area contributed by atoms with Crippen LogP contribution in [0.2, 0.25) is 0 Å². The minimum absolute atomic E-state index is 0.0578. The summed E-state index contributed by atoms with van der Waals surface area (Å²) in [6.07, 6.45) is -2.37. The standard InChI is InChI=1S/C14H26F3N3O/c1-11(2)7-18-8-12-3-5-20(6-4-12)9-13(21)19-10-14(15,16)17/h11-12,18H,3-10H2,1-2H3,(H,19,21). The van der Waals surface area contributed by atoms with Crippen LogP contribution in [0.5, 0.6) is 0 Å². The summed E-state index contributed by atoms with van der Waals surface area (Å²) in [7, 11) is 0. The fourth-order valence-electron chi connectivity index (χ4n) is 2.38. The number of carbonyl (C=O) groups excluding carboxylic acids is 1. The highest BCUT2D eigenvalue weighted by Crippen LogP contribution is 2.16. The molecule has 4 nitrogen and oxygen atoms in total. The maximum atomic E-state index is 12.0. The lowest BCUT2D eigenvalue weighted by Gasteiger charge is -2.31. The molecule has 1 saturated heterocycles. The molecule has 1 fully saturated rings. The number of piperidine rings is 1. The first-order valence-electron chi connectivity index (χ1n) is 7.53. The fourth-order valence-corrected chi connectivity index (χ4v) is 2.38. The molecule has 21 heavy (non-hydrogen) atoms. The van der Waals surface area contributed by atoms with Gasteiger partial charge in [-0.3, -0.25) is 9.69 Å². The molecule has 0 saturated carbocycles. The summed E-state index contributed by atoms with van der Waals surface area (Å²) in [4.78, 5) is 13.3. The van der Waals surface area contributed by atoms with E-state index in [4.69, 9.17) is 0 Å². The normalized spacial score (nSPS) is 18.2. The van der Waals surface area contributed by atoms with Gasteiger partial charge >= 0.3 is 6.18 Å². The van der Waals surface area contributed by atoms with Crippen molar-refractivity contribution >= 4 is 5.91 Å². The Morgan fingerprint density at radius 1 is 1.29 bits per heavy atom. The maximum absolute atomic E-state index is 12.0. The molecule has 7 heteroatoms. The quantitative estimate of drug-likeness (QED) is 0.751. The lowest BCUT2D eigenvalue weighted by molar-refractivity contribution is -0.139. The van der Waals surface area contributed by atoms with Crippen molar-refractivity contribution in [2.45, 2.75) is 32.9 Å². The SMILES string of the molecule is CC(C)CNCC1CCN(CC(=O)NCC(F)(F)F)CC1. The van der Waals surface area contributed by atoms with Crippen LogP contribution >= 0.6 is 0 Å². The first-order chi connectivity index (χ1) is 9.76. The molecule has 0 aromatic heterocycles. The summed E-state index contributed by atoms with van der Waals surface area (Å²) in [6, 6.07) is 0. The number of rotatable bonds is 7. The van der Waals surface area contributed by atoms with Crippen molar-refractivity contribution in [1.29, 1.82) is 0 Å². The van der Waals surface area contributed by atoms with Gasteiger partial charge in [-0.15, -0.1) is 0 Å². The van der Waals surface area contributed by atoms with Gasteiger partial charge in [-0.25, -0.2) is 0 Å². The van der Waals surface area contributed by atoms with E-state index in [1.165, 1.54) is 0 Å². The van der Waals surface area contributed by atoms with Gasteiger partial charge in [0, 0.05) is 0 Å². The van der Waals surface area contributed by atoms with Crippen LogP contribution in [-0.4, -0.2) is 56.3 Å². The highest BCUT2D eigenvalue weighted by molar-refractivity contribution is 5.78. The predicted molar refractivity (Wildman–Crippen MR) is 75.9 cm³/mol. The van der Waals surface area contributed by atoms with Crippen molar-refractivity contribution in [1.82, 2.24) is 15.5 Å². The second kappa shape index (κ2) is 8.58. The van der Waals surface area contributed by atoms with Gasteiger partial charge in [-0.05, 0) is 50.9 Å². The van der Waals surface area contributed by atoms with Crippen LogP contribution in [0.25, 0.3) is 0 Å². The Hall–Kier alpha value is -0.820. The summed E-state index contributed by atoms with van der Waals surface area (Å²) >= 11 is 0. The van der Waals surface area contributed by atoms with E-state index in [-0.39, 0.29) is 6.54 Å². The van der Waals surface area contributed by atoms with Gasteiger partial charge in [0.2, 0.25) is 5.91 Å². The first-order valence-corrected chi connectivity index (χ1v) is 7.53. The number of carbonyl (C=O) groups is 1. The average molecular weight is 309 g/mol. The van der Waals surface area contributed by atoms with E-state index in [0.717, 1.165) is 39.0 Å². The van der Waals surface area contributed by atoms with Gasteiger partial charge < -0.3 is 10.6 Å². The van der Waals surface area contributed by atoms with Crippen LogP contribution in [0.4, 0.5) is 13.2 Å². The first kappa shape index (κ1) is 18.2. The second-order valence-corrected chi connectivity index (χ2v) is 6.16. The summed E-state index contributed by atoms with van der Waals surface area (Å²) in [6.45, 7) is 6.65. The topological polar surface area (TPSA) is 44.4 Å². The molecular weight excluding hydrogens is 283 g/mol. The zero-order valence-electron chi connectivity index (χ0n) is 12.8. The molecule has 0 unspecified atom stereocenters. The molecule has 0 aliphatic carbocycles. The van der Waals surface area contributed by atoms with E-state index in [2.05, 4.69) is 19.2 Å². The summed E-state index contributed by atoms with van der Waals surface area (Å²) in [5.41, 5.74) is 0. The molecule has 1 heterocycles. The molecule has 1 aliphatic rings. The molecule has 0 aromatic rings. The lowest BCUT2D eigenvalue weighted by atomic mass is 9.96. The third-order valence-electron chi connectivity index (χ3n) is 3.55. The molecule has 0 spiro atoms. The third-order valence-corrected chi connectivity index (χ3v) is 3.55. The molecule has 2 N–H and O–H groups in total. The van der Waals surface area contributed by atoms with Gasteiger partial charge in [0.15, 0.2) is 0 Å². The van der Waals surface area contributed by atoms with Crippen LogP contribution in [0.1, 0.15) is 26.7 Å². The van der Waals surface area contributed by atoms with Crippen LogP contribution in [-0.2, 0) is 4.79 Å². The largest absolute Gasteiger partial charge is 0.405 e. The molecule has 1 rings (SSSR count). The molecule has 124 valence electrons. The number of amides is 1. The van der Waals surface area contributed by atoms with E-state index < -0.39 is 18.6 Å². The third kappa shape index (κ3) is 8.93. The number of halogens is 3. The van der Waals surface area contributed by atoms with Crippen molar-refractivity contribution in [2.24, 2.45) is 11.8 Å². The Morgan fingerprint density at radius 3 is 2.43 bits per heavy atom. The van der Waals surface area contributed by atoms with Gasteiger partial charge in [0.25, 0.3) is 0 Å². The van der Waals surface area contributed by atoms with Crippen molar-refractivity contribution in [3.8, 4) is 0 Å². The minimum Gasteiger partial charge on any atom is -0.346 e. The minimum atomic E-state index is -4.34. The second-order valence-electron chi connectivity index (χ2n) is 6.16. The Bertz CT molecular complexity index is 313. The Kier molecular flexibility index (Phi) is 7.45. The molecular formula is C14H26F3N3O. The summed E-state index contributed by atoms with van der Waals surface area (Å²) in [5, 5.41) is 5.33. The molecule has 1 amide bonds. The number of hydrogen-bond donors (Lipinski definition) is 2. The maximum Gasteiger partial charge on any atom is 0.405 e. The average Bonchev–Trinajstić information content (AvgIpc) is 2.37. The van der Waals surface area contributed by atoms with Crippen LogP contribution in [0, 0.1) is 11.8 Å². The Balaban J connectivity index is 2.14. The molecule has 1 aliphatic heterocycles. The molecule has 0 radical (unpaired) electrons. The molecule has 0 aromatic carbocycles. The number of nitrogens with zero attached hydrogens (tertiary/aromatic N) is 1. The number of alkyl halides is 3. The van der Waals surface area contributed by atoms with E-state index >= 15 is 0 Å². The summed E-state index contributed by atoms with van der Waals surface area (Å²) < 4.78 is 36.0. The van der Waals surface area contributed by atoms with Gasteiger partial charge in [-0.2, -0.15) is 13.2 Å².